The Morgan fingerprint density at radius 3 is 2.50 bits per heavy atom. The molecule has 1 heterocycles. The molecule has 0 unspecified atom stereocenters. The van der Waals surface area contributed by atoms with E-state index in [-0.39, 0.29) is 5.91 Å². The van der Waals surface area contributed by atoms with Gasteiger partial charge < -0.3 is 9.88 Å². The number of aromatic nitrogens is 1. The van der Waals surface area contributed by atoms with Gasteiger partial charge in [-0.2, -0.15) is 0 Å². The maximum atomic E-state index is 12.3. The minimum absolute atomic E-state index is 0.0989. The van der Waals surface area contributed by atoms with E-state index >= 15 is 0 Å². The number of carbonyl (C=O) groups excluding carboxylic acids is 1. The summed E-state index contributed by atoms with van der Waals surface area (Å²) in [6.07, 6.45) is 4.64. The number of aryl methyl sites for hydroxylation is 1. The fourth-order valence-corrected chi connectivity index (χ4v) is 3.57. The molecule has 2 aromatic carbocycles. The van der Waals surface area contributed by atoms with Crippen LogP contribution in [0.15, 0.2) is 60.8 Å². The average molecular weight is 400 g/mol. The van der Waals surface area contributed by atoms with Crippen LogP contribution in [0.5, 0.6) is 0 Å². The molecule has 28 heavy (non-hydrogen) atoms. The van der Waals surface area contributed by atoms with E-state index in [0.717, 1.165) is 24.8 Å². The summed E-state index contributed by atoms with van der Waals surface area (Å²) in [7, 11) is -3.17. The van der Waals surface area contributed by atoms with E-state index in [0.29, 0.717) is 25.1 Å². The van der Waals surface area contributed by atoms with Crippen LogP contribution in [-0.4, -0.2) is 38.2 Å². The monoisotopic (exact) mass is 399 g/mol. The zero-order valence-corrected chi connectivity index (χ0v) is 16.7. The normalized spacial score (nSPS) is 11.6. The lowest BCUT2D eigenvalue weighted by Crippen LogP contribution is -2.25. The second-order valence-corrected chi connectivity index (χ2v) is 8.62. The van der Waals surface area contributed by atoms with Gasteiger partial charge in [0, 0.05) is 36.9 Å². The topological polar surface area (TPSA) is 80.2 Å². The molecule has 0 spiro atoms. The molecule has 0 saturated heterocycles. The highest BCUT2D eigenvalue weighted by atomic mass is 32.2. The quantitative estimate of drug-likeness (QED) is 0.543. The smallest absolute Gasteiger partial charge is 0.251 e. The van der Waals surface area contributed by atoms with E-state index in [2.05, 4.69) is 39.0 Å². The minimum atomic E-state index is -3.17. The standard InChI is InChI=1S/C21H25N3O3S/c1-28(26,27)23-14-11-17-7-9-19(10-8-17)21(25)22-13-4-15-24-16-12-18-5-2-3-6-20(18)24/h2-3,5-10,12,16,23H,4,11,13-15H2,1H3,(H,22,25). The third-order valence-electron chi connectivity index (χ3n) is 4.54. The van der Waals surface area contributed by atoms with Gasteiger partial charge in [0.25, 0.3) is 5.91 Å². The van der Waals surface area contributed by atoms with Gasteiger partial charge >= 0.3 is 0 Å². The van der Waals surface area contributed by atoms with Crippen molar-refractivity contribution in [2.24, 2.45) is 0 Å². The van der Waals surface area contributed by atoms with Gasteiger partial charge in [0.2, 0.25) is 10.0 Å². The van der Waals surface area contributed by atoms with Gasteiger partial charge in [-0.3, -0.25) is 4.79 Å². The summed E-state index contributed by atoms with van der Waals surface area (Å²) in [5.41, 5.74) is 2.79. The number of para-hydroxylation sites is 1. The first kappa shape index (κ1) is 20.1. The first-order valence-corrected chi connectivity index (χ1v) is 11.2. The number of amides is 1. The first-order chi connectivity index (χ1) is 13.4. The summed E-state index contributed by atoms with van der Waals surface area (Å²) >= 11 is 0. The van der Waals surface area contributed by atoms with Crippen LogP contribution in [0.25, 0.3) is 10.9 Å². The lowest BCUT2D eigenvalue weighted by atomic mass is 10.1. The lowest BCUT2D eigenvalue weighted by Gasteiger charge is -2.08. The van der Waals surface area contributed by atoms with Gasteiger partial charge in [0.1, 0.15) is 0 Å². The van der Waals surface area contributed by atoms with Crippen LogP contribution in [0.4, 0.5) is 0 Å². The van der Waals surface area contributed by atoms with Gasteiger partial charge in [0.05, 0.1) is 6.26 Å². The van der Waals surface area contributed by atoms with Crippen LogP contribution in [0.1, 0.15) is 22.3 Å². The maximum Gasteiger partial charge on any atom is 0.251 e. The third-order valence-corrected chi connectivity index (χ3v) is 5.26. The van der Waals surface area contributed by atoms with E-state index in [1.165, 1.54) is 10.9 Å². The zero-order valence-electron chi connectivity index (χ0n) is 15.9. The molecule has 148 valence electrons. The van der Waals surface area contributed by atoms with Gasteiger partial charge in [-0.15, -0.1) is 0 Å². The number of carbonyl (C=O) groups is 1. The number of sulfonamides is 1. The molecule has 0 aliphatic heterocycles. The second-order valence-electron chi connectivity index (χ2n) is 6.79. The maximum absolute atomic E-state index is 12.3. The summed E-state index contributed by atoms with van der Waals surface area (Å²) in [4.78, 5) is 12.3. The molecule has 0 saturated carbocycles. The Morgan fingerprint density at radius 2 is 1.75 bits per heavy atom. The van der Waals surface area contributed by atoms with Crippen molar-refractivity contribution in [3.05, 3.63) is 71.9 Å². The number of nitrogens with one attached hydrogen (secondary N) is 2. The molecule has 0 aliphatic rings. The molecule has 0 atom stereocenters. The molecule has 2 N–H and O–H groups in total. The third kappa shape index (κ3) is 5.68. The Bertz CT molecular complexity index is 1040. The van der Waals surface area contributed by atoms with Crippen molar-refractivity contribution in [1.29, 1.82) is 0 Å². The number of hydrogen-bond donors (Lipinski definition) is 2. The first-order valence-electron chi connectivity index (χ1n) is 9.28. The molecule has 0 radical (unpaired) electrons. The van der Waals surface area contributed by atoms with Crippen molar-refractivity contribution in [3.8, 4) is 0 Å². The molecular weight excluding hydrogens is 374 g/mol. The number of nitrogens with zero attached hydrogens (tertiary/aromatic N) is 1. The van der Waals surface area contributed by atoms with E-state index in [9.17, 15) is 13.2 Å². The second kappa shape index (κ2) is 9.03. The van der Waals surface area contributed by atoms with Crippen molar-refractivity contribution in [3.63, 3.8) is 0 Å². The van der Waals surface area contributed by atoms with Crippen LogP contribution in [-0.2, 0) is 23.0 Å². The predicted molar refractivity (Wildman–Crippen MR) is 112 cm³/mol. The van der Waals surface area contributed by atoms with Crippen molar-refractivity contribution in [2.75, 3.05) is 19.3 Å². The van der Waals surface area contributed by atoms with Gasteiger partial charge in [0.15, 0.2) is 0 Å². The van der Waals surface area contributed by atoms with Crippen LogP contribution in [0.2, 0.25) is 0 Å². The van der Waals surface area contributed by atoms with Gasteiger partial charge in [-0.05, 0) is 48.1 Å². The number of fused-ring (bicyclic) bond motifs is 1. The van der Waals surface area contributed by atoms with Crippen molar-refractivity contribution in [1.82, 2.24) is 14.6 Å². The van der Waals surface area contributed by atoms with Crippen molar-refractivity contribution >= 4 is 26.8 Å². The van der Waals surface area contributed by atoms with Crippen LogP contribution in [0, 0.1) is 0 Å². The Morgan fingerprint density at radius 1 is 1.00 bits per heavy atom. The highest BCUT2D eigenvalue weighted by Crippen LogP contribution is 2.15. The molecule has 3 rings (SSSR count). The van der Waals surface area contributed by atoms with E-state index in [1.54, 1.807) is 12.1 Å². The Balaban J connectivity index is 1.43. The minimum Gasteiger partial charge on any atom is -0.352 e. The van der Waals surface area contributed by atoms with E-state index in [4.69, 9.17) is 0 Å². The summed E-state index contributed by atoms with van der Waals surface area (Å²) in [6.45, 7) is 1.80. The molecule has 0 bridgehead atoms. The SMILES string of the molecule is CS(=O)(=O)NCCc1ccc(C(=O)NCCCn2ccc3ccccc32)cc1. The van der Waals surface area contributed by atoms with Crippen LogP contribution >= 0.6 is 0 Å². The van der Waals surface area contributed by atoms with E-state index < -0.39 is 10.0 Å². The molecule has 1 amide bonds. The van der Waals surface area contributed by atoms with E-state index in [1.807, 2.05) is 24.3 Å². The van der Waals surface area contributed by atoms with Crippen molar-refractivity contribution in [2.45, 2.75) is 19.4 Å². The average Bonchev–Trinajstić information content (AvgIpc) is 3.08. The summed E-state index contributed by atoms with van der Waals surface area (Å²) < 4.78 is 26.8. The zero-order chi connectivity index (χ0) is 20.0. The number of rotatable bonds is 9. The van der Waals surface area contributed by atoms with Crippen molar-refractivity contribution < 1.29 is 13.2 Å². The summed E-state index contributed by atoms with van der Waals surface area (Å²) in [5, 5.41) is 4.17. The lowest BCUT2D eigenvalue weighted by molar-refractivity contribution is 0.0952. The Labute approximate surface area is 165 Å². The molecule has 1 aromatic heterocycles. The molecule has 6 nitrogen and oxygen atoms in total. The highest BCUT2D eigenvalue weighted by molar-refractivity contribution is 7.88. The molecule has 0 fully saturated rings. The molecular formula is C21H25N3O3S. The van der Waals surface area contributed by atoms with Crippen LogP contribution in [0.3, 0.4) is 0 Å². The largest absolute Gasteiger partial charge is 0.352 e. The Hall–Kier alpha value is -2.64. The van der Waals surface area contributed by atoms with Gasteiger partial charge in [-0.25, -0.2) is 13.1 Å². The Kier molecular flexibility index (Phi) is 6.49. The summed E-state index contributed by atoms with van der Waals surface area (Å²) in [5.74, 6) is -0.0989. The molecule has 0 aliphatic carbocycles. The van der Waals surface area contributed by atoms with Crippen LogP contribution < -0.4 is 10.0 Å². The van der Waals surface area contributed by atoms with Gasteiger partial charge in [-0.1, -0.05) is 30.3 Å². The summed E-state index contributed by atoms with van der Waals surface area (Å²) in [6, 6.07) is 17.6. The fraction of sp³-hybridized carbons (Fsp3) is 0.286. The number of benzene rings is 2. The molecule has 3 aromatic rings. The fourth-order valence-electron chi connectivity index (χ4n) is 3.09. The number of hydrogen-bond acceptors (Lipinski definition) is 3. The predicted octanol–water partition coefficient (Wildman–Crippen LogP) is 2.55. The highest BCUT2D eigenvalue weighted by Gasteiger charge is 2.06. The molecule has 7 heteroatoms.